The van der Waals surface area contributed by atoms with Crippen LogP contribution in [0.1, 0.15) is 47.1 Å². The molecule has 1 rings (SSSR count). The summed E-state index contributed by atoms with van der Waals surface area (Å²) in [6, 6.07) is 8.51. The lowest BCUT2D eigenvalue weighted by Gasteiger charge is -2.24. The number of alkyl carbamates (subject to hydrolysis) is 1. The second-order valence-corrected chi connectivity index (χ2v) is 7.32. The Balaban J connectivity index is 2.47. The van der Waals surface area contributed by atoms with Crippen molar-refractivity contribution < 1.29 is 9.53 Å². The number of nitrogens with one attached hydrogen (secondary N) is 2. The molecule has 1 amide bonds. The molecular weight excluding hydrogens is 288 g/mol. The van der Waals surface area contributed by atoms with E-state index in [1.807, 2.05) is 20.8 Å². The fourth-order valence-corrected chi connectivity index (χ4v) is 2.18. The van der Waals surface area contributed by atoms with E-state index in [0.29, 0.717) is 18.4 Å². The molecule has 1 aromatic rings. The van der Waals surface area contributed by atoms with Gasteiger partial charge in [-0.25, -0.2) is 4.79 Å². The first-order chi connectivity index (χ1) is 10.7. The number of carbonyl (C=O) groups excluding carboxylic acids is 1. The fraction of sp³-hybridized carbons (Fsp3) is 0.632. The predicted octanol–water partition coefficient (Wildman–Crippen LogP) is 4.46. The molecule has 1 unspecified atom stereocenters. The molecule has 0 fully saturated rings. The number of carbonyl (C=O) groups is 1. The number of hydrogen-bond acceptors (Lipinski definition) is 3. The van der Waals surface area contributed by atoms with Gasteiger partial charge in [0, 0.05) is 18.8 Å². The van der Waals surface area contributed by atoms with Crippen LogP contribution in [0, 0.1) is 11.8 Å². The highest BCUT2D eigenvalue weighted by atomic mass is 16.6. The molecule has 0 spiro atoms. The zero-order chi connectivity index (χ0) is 17.5. The molecule has 1 aromatic carbocycles. The number of rotatable bonds is 7. The molecule has 0 aliphatic rings. The predicted molar refractivity (Wildman–Crippen MR) is 96.9 cm³/mol. The fourth-order valence-electron chi connectivity index (χ4n) is 2.18. The van der Waals surface area contributed by atoms with Crippen LogP contribution in [0.2, 0.25) is 0 Å². The third kappa shape index (κ3) is 7.91. The van der Waals surface area contributed by atoms with E-state index in [9.17, 15) is 4.79 Å². The van der Waals surface area contributed by atoms with Crippen LogP contribution in [0.3, 0.4) is 0 Å². The molecule has 4 nitrogen and oxygen atoms in total. The van der Waals surface area contributed by atoms with Gasteiger partial charge in [0.25, 0.3) is 0 Å². The number of hydrogen-bond donors (Lipinski definition) is 2. The maximum atomic E-state index is 11.8. The lowest BCUT2D eigenvalue weighted by molar-refractivity contribution is 0.0516. The smallest absolute Gasteiger partial charge is 0.407 e. The molecule has 4 heteroatoms. The van der Waals surface area contributed by atoms with Crippen LogP contribution < -0.4 is 10.6 Å². The molecule has 0 bridgehead atoms. The van der Waals surface area contributed by atoms with Crippen LogP contribution in [0.4, 0.5) is 10.5 Å². The normalized spacial score (nSPS) is 12.8. The highest BCUT2D eigenvalue weighted by molar-refractivity contribution is 5.67. The minimum atomic E-state index is -0.462. The summed E-state index contributed by atoms with van der Waals surface area (Å²) in [5.41, 5.74) is 1.99. The highest BCUT2D eigenvalue weighted by Gasteiger charge is 2.19. The van der Waals surface area contributed by atoms with E-state index in [4.69, 9.17) is 4.74 Å². The summed E-state index contributed by atoms with van der Waals surface area (Å²) >= 11 is 0. The summed E-state index contributed by atoms with van der Waals surface area (Å²) in [5.74, 6) is 0.806. The topological polar surface area (TPSA) is 50.4 Å². The van der Waals surface area contributed by atoms with Gasteiger partial charge in [0.1, 0.15) is 5.60 Å². The van der Waals surface area contributed by atoms with E-state index < -0.39 is 5.60 Å². The number of aryl methyl sites for hydroxylation is 1. The van der Waals surface area contributed by atoms with Gasteiger partial charge in [-0.1, -0.05) is 32.9 Å². The van der Waals surface area contributed by atoms with Crippen molar-refractivity contribution in [3.63, 3.8) is 0 Å². The molecule has 1 atom stereocenters. The van der Waals surface area contributed by atoms with Crippen molar-refractivity contribution in [1.29, 1.82) is 0 Å². The summed E-state index contributed by atoms with van der Waals surface area (Å²) in [6.45, 7) is 13.5. The summed E-state index contributed by atoms with van der Waals surface area (Å²) in [5, 5.41) is 6.33. The molecule has 130 valence electrons. The molecule has 0 saturated heterocycles. The molecule has 0 saturated carbocycles. The number of benzene rings is 1. The summed E-state index contributed by atoms with van der Waals surface area (Å²) < 4.78 is 5.29. The molecule has 0 radical (unpaired) electrons. The van der Waals surface area contributed by atoms with Crippen molar-refractivity contribution in [3.05, 3.63) is 29.8 Å². The third-order valence-electron chi connectivity index (χ3n) is 3.78. The molecule has 0 aromatic heterocycles. The van der Waals surface area contributed by atoms with Gasteiger partial charge >= 0.3 is 6.09 Å². The molecule has 2 N–H and O–H groups in total. The first-order valence-electron chi connectivity index (χ1n) is 8.51. The van der Waals surface area contributed by atoms with Crippen LogP contribution in [0.15, 0.2) is 24.3 Å². The lowest BCUT2D eigenvalue weighted by atomic mass is 9.95. The van der Waals surface area contributed by atoms with E-state index in [-0.39, 0.29) is 6.09 Å². The standard InChI is InChI=1S/C19H32N2O2/c1-7-15-8-10-17(11-9-15)20-12-16(14(2)3)13-21-18(22)23-19(4,5)6/h8-11,14,16,20H,7,12-13H2,1-6H3,(H,21,22). The van der Waals surface area contributed by atoms with Gasteiger partial charge in [0.05, 0.1) is 0 Å². The Labute approximate surface area is 141 Å². The van der Waals surface area contributed by atoms with Crippen molar-refractivity contribution in [3.8, 4) is 0 Å². The average molecular weight is 320 g/mol. The number of ether oxygens (including phenoxy) is 1. The molecule has 23 heavy (non-hydrogen) atoms. The Bertz CT molecular complexity index is 475. The second-order valence-electron chi connectivity index (χ2n) is 7.32. The quantitative estimate of drug-likeness (QED) is 0.780. The van der Waals surface area contributed by atoms with Crippen molar-refractivity contribution >= 4 is 11.8 Å². The maximum Gasteiger partial charge on any atom is 0.407 e. The largest absolute Gasteiger partial charge is 0.444 e. The van der Waals surface area contributed by atoms with Gasteiger partial charge in [0.15, 0.2) is 0 Å². The Morgan fingerprint density at radius 3 is 2.22 bits per heavy atom. The van der Waals surface area contributed by atoms with Gasteiger partial charge in [0.2, 0.25) is 0 Å². The van der Waals surface area contributed by atoms with Gasteiger partial charge in [-0.05, 0) is 56.7 Å². The van der Waals surface area contributed by atoms with Crippen molar-refractivity contribution in [2.24, 2.45) is 11.8 Å². The van der Waals surface area contributed by atoms with Crippen LogP contribution >= 0.6 is 0 Å². The average Bonchev–Trinajstić information content (AvgIpc) is 2.45. The SMILES string of the molecule is CCc1ccc(NCC(CNC(=O)OC(C)(C)C)C(C)C)cc1. The van der Waals surface area contributed by atoms with Crippen LogP contribution in [0.5, 0.6) is 0 Å². The first-order valence-corrected chi connectivity index (χ1v) is 8.51. The van der Waals surface area contributed by atoms with E-state index >= 15 is 0 Å². The molecular formula is C19H32N2O2. The lowest BCUT2D eigenvalue weighted by Crippen LogP contribution is -2.38. The highest BCUT2D eigenvalue weighted by Crippen LogP contribution is 2.15. The Kier molecular flexibility index (Phi) is 7.40. The Morgan fingerprint density at radius 2 is 1.74 bits per heavy atom. The van der Waals surface area contributed by atoms with Gasteiger partial charge in [-0.2, -0.15) is 0 Å². The van der Waals surface area contributed by atoms with Crippen molar-refractivity contribution in [2.45, 2.75) is 53.6 Å². The van der Waals surface area contributed by atoms with E-state index in [1.165, 1.54) is 5.56 Å². The number of anilines is 1. The molecule has 0 heterocycles. The van der Waals surface area contributed by atoms with Crippen molar-refractivity contribution in [1.82, 2.24) is 5.32 Å². The number of amides is 1. The Morgan fingerprint density at radius 1 is 1.13 bits per heavy atom. The summed E-state index contributed by atoms with van der Waals surface area (Å²) in [6.07, 6.45) is 0.699. The van der Waals surface area contributed by atoms with Crippen molar-refractivity contribution in [2.75, 3.05) is 18.4 Å². The maximum absolute atomic E-state index is 11.8. The van der Waals surface area contributed by atoms with Crippen LogP contribution in [-0.4, -0.2) is 24.8 Å². The zero-order valence-corrected chi connectivity index (χ0v) is 15.4. The van der Waals surface area contributed by atoms with E-state index in [0.717, 1.165) is 18.7 Å². The molecule has 0 aliphatic heterocycles. The van der Waals surface area contributed by atoms with E-state index in [1.54, 1.807) is 0 Å². The zero-order valence-electron chi connectivity index (χ0n) is 15.4. The van der Waals surface area contributed by atoms with Crippen LogP contribution in [-0.2, 0) is 11.2 Å². The monoisotopic (exact) mass is 320 g/mol. The molecule has 0 aliphatic carbocycles. The van der Waals surface area contributed by atoms with Crippen LogP contribution in [0.25, 0.3) is 0 Å². The van der Waals surface area contributed by atoms with E-state index in [2.05, 4.69) is 55.7 Å². The minimum Gasteiger partial charge on any atom is -0.444 e. The summed E-state index contributed by atoms with van der Waals surface area (Å²) in [7, 11) is 0. The van der Waals surface area contributed by atoms with Gasteiger partial charge in [-0.15, -0.1) is 0 Å². The van der Waals surface area contributed by atoms with Gasteiger partial charge in [-0.3, -0.25) is 0 Å². The van der Waals surface area contributed by atoms with Gasteiger partial charge < -0.3 is 15.4 Å². The summed E-state index contributed by atoms with van der Waals surface area (Å²) in [4.78, 5) is 11.8. The minimum absolute atomic E-state index is 0.341. The third-order valence-corrected chi connectivity index (χ3v) is 3.78. The Hall–Kier alpha value is -1.71. The second kappa shape index (κ2) is 8.80. The first kappa shape index (κ1) is 19.3.